The summed E-state index contributed by atoms with van der Waals surface area (Å²) in [6, 6.07) is 14.6. The molecule has 0 unspecified atom stereocenters. The lowest BCUT2D eigenvalue weighted by molar-refractivity contribution is 0.631. The second kappa shape index (κ2) is 3.81. The Morgan fingerprint density at radius 3 is 2.71 bits per heavy atom. The molecule has 0 aliphatic heterocycles. The zero-order chi connectivity index (χ0) is 9.97. The third kappa shape index (κ3) is 1.78. The summed E-state index contributed by atoms with van der Waals surface area (Å²) >= 11 is 5.81. The van der Waals surface area contributed by atoms with Gasteiger partial charge in [-0.25, -0.2) is 4.39 Å². The summed E-state index contributed by atoms with van der Waals surface area (Å²) in [6.07, 6.45) is 0. The van der Waals surface area contributed by atoms with E-state index >= 15 is 0 Å². The normalized spacial score (nSPS) is 10.1. The Morgan fingerprint density at radius 2 is 2.00 bits per heavy atom. The Kier molecular flexibility index (Phi) is 2.51. The molecule has 0 aliphatic rings. The van der Waals surface area contributed by atoms with E-state index in [9.17, 15) is 4.39 Å². The zero-order valence-electron chi connectivity index (χ0n) is 7.30. The smallest absolute Gasteiger partial charge is 0.131 e. The van der Waals surface area contributed by atoms with Crippen molar-refractivity contribution in [1.29, 1.82) is 0 Å². The molecule has 0 heterocycles. The molecule has 0 amide bonds. The van der Waals surface area contributed by atoms with Crippen molar-refractivity contribution in [3.8, 4) is 11.1 Å². The highest BCUT2D eigenvalue weighted by atomic mass is 35.5. The van der Waals surface area contributed by atoms with E-state index in [0.717, 1.165) is 5.56 Å². The largest absolute Gasteiger partial charge is 0.206 e. The van der Waals surface area contributed by atoms with Gasteiger partial charge in [-0.3, -0.25) is 0 Å². The maximum atomic E-state index is 13.3. The molecule has 0 nitrogen and oxygen atoms in total. The Bertz CT molecular complexity index is 452. The van der Waals surface area contributed by atoms with Crippen LogP contribution < -0.4 is 0 Å². The van der Waals surface area contributed by atoms with Crippen LogP contribution in [0.3, 0.4) is 0 Å². The summed E-state index contributed by atoms with van der Waals surface area (Å²) < 4.78 is 13.3. The second-order valence-electron chi connectivity index (χ2n) is 2.90. The molecule has 0 saturated heterocycles. The van der Waals surface area contributed by atoms with Gasteiger partial charge < -0.3 is 0 Å². The number of benzene rings is 2. The van der Waals surface area contributed by atoms with Crippen LogP contribution in [-0.2, 0) is 0 Å². The number of hydrogen-bond donors (Lipinski definition) is 0. The molecule has 0 aromatic heterocycles. The molecule has 0 aliphatic carbocycles. The van der Waals surface area contributed by atoms with Gasteiger partial charge in [0.2, 0.25) is 0 Å². The first-order chi connectivity index (χ1) is 6.77. The van der Waals surface area contributed by atoms with Crippen molar-refractivity contribution in [2.45, 2.75) is 0 Å². The lowest BCUT2D eigenvalue weighted by Crippen LogP contribution is -1.83. The molecule has 14 heavy (non-hydrogen) atoms. The molecular weight excluding hydrogens is 199 g/mol. The molecule has 0 saturated carbocycles. The van der Waals surface area contributed by atoms with Crippen molar-refractivity contribution in [1.82, 2.24) is 0 Å². The van der Waals surface area contributed by atoms with Crippen molar-refractivity contribution in [3.05, 3.63) is 59.4 Å². The minimum Gasteiger partial charge on any atom is -0.206 e. The molecule has 0 spiro atoms. The van der Waals surface area contributed by atoms with Crippen LogP contribution in [0.2, 0.25) is 5.02 Å². The molecule has 2 rings (SSSR count). The standard InChI is InChI=1S/C12H7ClF/c13-10-5-3-4-9(8-10)11-6-1-2-7-12(11)14/h1-5,7-8H. The van der Waals surface area contributed by atoms with Crippen LogP contribution >= 0.6 is 11.6 Å². The molecule has 69 valence electrons. The van der Waals surface area contributed by atoms with Gasteiger partial charge in [-0.05, 0) is 29.8 Å². The Morgan fingerprint density at radius 1 is 1.14 bits per heavy atom. The van der Waals surface area contributed by atoms with Crippen molar-refractivity contribution < 1.29 is 4.39 Å². The lowest BCUT2D eigenvalue weighted by atomic mass is 10.1. The van der Waals surface area contributed by atoms with Gasteiger partial charge in [-0.2, -0.15) is 0 Å². The molecular formula is C12H7ClF. The fraction of sp³-hybridized carbons (Fsp3) is 0. The highest BCUT2D eigenvalue weighted by Crippen LogP contribution is 2.24. The van der Waals surface area contributed by atoms with Gasteiger partial charge >= 0.3 is 0 Å². The van der Waals surface area contributed by atoms with E-state index in [-0.39, 0.29) is 5.82 Å². The first-order valence-electron chi connectivity index (χ1n) is 4.19. The molecule has 2 aromatic rings. The molecule has 1 radical (unpaired) electrons. The van der Waals surface area contributed by atoms with E-state index in [1.807, 2.05) is 0 Å². The van der Waals surface area contributed by atoms with E-state index in [4.69, 9.17) is 11.6 Å². The van der Waals surface area contributed by atoms with E-state index < -0.39 is 0 Å². The summed E-state index contributed by atoms with van der Waals surface area (Å²) in [6.45, 7) is 0. The summed E-state index contributed by atoms with van der Waals surface area (Å²) in [4.78, 5) is 0. The van der Waals surface area contributed by atoms with Crippen LogP contribution in [0, 0.1) is 11.9 Å². The summed E-state index contributed by atoms with van der Waals surface area (Å²) in [5.74, 6) is -0.283. The quantitative estimate of drug-likeness (QED) is 0.662. The molecule has 0 N–H and O–H groups in total. The lowest BCUT2D eigenvalue weighted by Gasteiger charge is -2.02. The van der Waals surface area contributed by atoms with E-state index in [1.165, 1.54) is 6.07 Å². The van der Waals surface area contributed by atoms with Crippen molar-refractivity contribution in [2.24, 2.45) is 0 Å². The maximum absolute atomic E-state index is 13.3. The predicted octanol–water partition coefficient (Wildman–Crippen LogP) is 3.95. The Hall–Kier alpha value is -1.34. The van der Waals surface area contributed by atoms with Crippen LogP contribution in [0.1, 0.15) is 0 Å². The summed E-state index contributed by atoms with van der Waals surface area (Å²) in [5.41, 5.74) is 1.20. The number of rotatable bonds is 1. The van der Waals surface area contributed by atoms with E-state index in [2.05, 4.69) is 6.07 Å². The fourth-order valence-corrected chi connectivity index (χ4v) is 1.47. The SMILES string of the molecule is Fc1ccc[c]c1-c1cccc(Cl)c1. The van der Waals surface area contributed by atoms with Crippen LogP contribution in [0.25, 0.3) is 11.1 Å². The van der Waals surface area contributed by atoms with Crippen molar-refractivity contribution in [3.63, 3.8) is 0 Å². The van der Waals surface area contributed by atoms with Gasteiger partial charge in [-0.1, -0.05) is 35.9 Å². The minimum absolute atomic E-state index is 0.283. The average Bonchev–Trinajstić information content (AvgIpc) is 2.18. The van der Waals surface area contributed by atoms with Crippen molar-refractivity contribution >= 4 is 11.6 Å². The van der Waals surface area contributed by atoms with Gasteiger partial charge in [0, 0.05) is 10.6 Å². The maximum Gasteiger partial charge on any atom is 0.131 e. The molecule has 2 heteroatoms. The summed E-state index contributed by atoms with van der Waals surface area (Å²) in [7, 11) is 0. The minimum atomic E-state index is -0.283. The Balaban J connectivity index is 2.55. The number of hydrogen-bond acceptors (Lipinski definition) is 0. The third-order valence-corrected chi connectivity index (χ3v) is 2.15. The van der Waals surface area contributed by atoms with Crippen LogP contribution in [0.15, 0.2) is 42.5 Å². The Labute approximate surface area is 87.0 Å². The molecule has 0 atom stereocenters. The van der Waals surface area contributed by atoms with Gasteiger partial charge in [0.15, 0.2) is 0 Å². The van der Waals surface area contributed by atoms with Crippen LogP contribution in [0.5, 0.6) is 0 Å². The van der Waals surface area contributed by atoms with Crippen molar-refractivity contribution in [2.75, 3.05) is 0 Å². The number of halogens is 2. The highest BCUT2D eigenvalue weighted by molar-refractivity contribution is 6.30. The van der Waals surface area contributed by atoms with Gasteiger partial charge in [-0.15, -0.1) is 0 Å². The highest BCUT2D eigenvalue weighted by Gasteiger charge is 2.03. The molecule has 2 aromatic carbocycles. The van der Waals surface area contributed by atoms with Gasteiger partial charge in [0.05, 0.1) is 0 Å². The monoisotopic (exact) mass is 205 g/mol. The zero-order valence-corrected chi connectivity index (χ0v) is 8.05. The van der Waals surface area contributed by atoms with Crippen LogP contribution in [-0.4, -0.2) is 0 Å². The summed E-state index contributed by atoms with van der Waals surface area (Å²) in [5, 5.41) is 0.596. The molecule has 0 fully saturated rings. The predicted molar refractivity (Wildman–Crippen MR) is 55.7 cm³/mol. The first kappa shape index (κ1) is 9.22. The third-order valence-electron chi connectivity index (χ3n) is 1.92. The fourth-order valence-electron chi connectivity index (χ4n) is 1.28. The van der Waals surface area contributed by atoms with Gasteiger partial charge in [0.1, 0.15) is 5.82 Å². The van der Waals surface area contributed by atoms with Gasteiger partial charge in [0.25, 0.3) is 0 Å². The first-order valence-corrected chi connectivity index (χ1v) is 4.57. The molecule has 0 bridgehead atoms. The topological polar surface area (TPSA) is 0 Å². The van der Waals surface area contributed by atoms with Crippen LogP contribution in [0.4, 0.5) is 4.39 Å². The average molecular weight is 206 g/mol. The van der Waals surface area contributed by atoms with E-state index in [1.54, 1.807) is 36.4 Å². The van der Waals surface area contributed by atoms with E-state index in [0.29, 0.717) is 10.6 Å². The second-order valence-corrected chi connectivity index (χ2v) is 3.34.